The third-order valence-electron chi connectivity index (χ3n) is 5.52. The van der Waals surface area contributed by atoms with Crippen LogP contribution in [0.15, 0.2) is 61.2 Å². The number of aromatic nitrogens is 4. The van der Waals surface area contributed by atoms with Crippen molar-refractivity contribution < 1.29 is 18.0 Å². The first-order valence-electron chi connectivity index (χ1n) is 10.4. The molecule has 3 heterocycles. The van der Waals surface area contributed by atoms with Gasteiger partial charge in [-0.1, -0.05) is 0 Å². The van der Waals surface area contributed by atoms with Gasteiger partial charge in [-0.2, -0.15) is 13.2 Å². The molecule has 1 atom stereocenters. The summed E-state index contributed by atoms with van der Waals surface area (Å²) in [5, 5.41) is 0.748. The van der Waals surface area contributed by atoms with Crippen LogP contribution in [0.2, 0.25) is 0 Å². The van der Waals surface area contributed by atoms with Crippen LogP contribution in [-0.2, 0) is 12.7 Å². The summed E-state index contributed by atoms with van der Waals surface area (Å²) in [5.41, 5.74) is 7.70. The number of carbonyl (C=O) groups excluding carboxylic acids is 1. The number of rotatable bonds is 5. The molecule has 0 spiro atoms. The smallest absolute Gasteiger partial charge is 0.383 e. The number of alkyl halides is 3. The normalized spacial score (nSPS) is 12.5. The van der Waals surface area contributed by atoms with Crippen LogP contribution in [0.25, 0.3) is 10.9 Å². The largest absolute Gasteiger partial charge is 0.417 e. The van der Waals surface area contributed by atoms with E-state index in [4.69, 9.17) is 5.73 Å². The van der Waals surface area contributed by atoms with Gasteiger partial charge in [-0.25, -0.2) is 4.98 Å². The number of hydrogen-bond donors (Lipinski definition) is 1. The van der Waals surface area contributed by atoms with Gasteiger partial charge in [0.25, 0.3) is 5.91 Å². The summed E-state index contributed by atoms with van der Waals surface area (Å²) in [6, 6.07) is 8.61. The summed E-state index contributed by atoms with van der Waals surface area (Å²) in [6.45, 7) is 3.58. The first kappa shape index (κ1) is 23.1. The van der Waals surface area contributed by atoms with E-state index >= 15 is 0 Å². The van der Waals surface area contributed by atoms with Crippen molar-refractivity contribution in [3.63, 3.8) is 0 Å². The van der Waals surface area contributed by atoms with Gasteiger partial charge in [0.05, 0.1) is 41.3 Å². The maximum atomic E-state index is 13.6. The van der Waals surface area contributed by atoms with E-state index in [2.05, 4.69) is 19.9 Å². The molecule has 4 rings (SSSR count). The molecule has 0 aliphatic heterocycles. The van der Waals surface area contributed by atoms with Gasteiger partial charge in [-0.3, -0.25) is 19.7 Å². The van der Waals surface area contributed by atoms with Crippen LogP contribution in [0.5, 0.6) is 0 Å². The Labute approximate surface area is 193 Å². The molecular weight excluding hydrogens is 445 g/mol. The molecule has 0 radical (unpaired) electrons. The summed E-state index contributed by atoms with van der Waals surface area (Å²) in [4.78, 5) is 31.7. The molecule has 34 heavy (non-hydrogen) atoms. The zero-order valence-corrected chi connectivity index (χ0v) is 18.4. The lowest BCUT2D eigenvalue weighted by atomic mass is 10.1. The maximum Gasteiger partial charge on any atom is 0.417 e. The monoisotopic (exact) mass is 466 g/mol. The van der Waals surface area contributed by atoms with Gasteiger partial charge in [-0.05, 0) is 55.8 Å². The van der Waals surface area contributed by atoms with Crippen molar-refractivity contribution >= 4 is 22.6 Å². The van der Waals surface area contributed by atoms with E-state index in [-0.39, 0.29) is 12.5 Å². The summed E-state index contributed by atoms with van der Waals surface area (Å²) in [5.74, 6) is 0.0779. The number of nitrogens with zero attached hydrogens (tertiary/aromatic N) is 5. The third-order valence-corrected chi connectivity index (χ3v) is 5.52. The Balaban J connectivity index is 1.70. The number of hydrogen-bond acceptors (Lipinski definition) is 6. The summed E-state index contributed by atoms with van der Waals surface area (Å²) < 4.78 is 38.8. The molecule has 0 saturated heterocycles. The number of nitrogens with two attached hydrogens (primary N) is 1. The Bertz CT molecular complexity index is 1330. The van der Waals surface area contributed by atoms with Crippen molar-refractivity contribution in [2.45, 2.75) is 32.6 Å². The number of anilines is 1. The fourth-order valence-electron chi connectivity index (χ4n) is 3.53. The van der Waals surface area contributed by atoms with Crippen molar-refractivity contribution in [1.29, 1.82) is 0 Å². The topological polar surface area (TPSA) is 97.9 Å². The van der Waals surface area contributed by atoms with Gasteiger partial charge >= 0.3 is 6.18 Å². The third kappa shape index (κ3) is 4.80. The van der Waals surface area contributed by atoms with Gasteiger partial charge in [-0.15, -0.1) is 0 Å². The molecule has 7 nitrogen and oxygen atoms in total. The number of fused-ring (bicyclic) bond motifs is 1. The standard InChI is InChI=1S/C24H21F3N6O/c1-14-9-17-10-16(3-6-20(17)32-22(14)28)23(34)33(15(2)21-12-29-7-8-30-21)13-19-5-4-18(11-31-19)24(25,26)27/h3-12,15H,13H2,1-2H3,(H2,28,32). The minimum atomic E-state index is -4.49. The number of amides is 1. The number of halogens is 3. The van der Waals surface area contributed by atoms with Crippen LogP contribution in [-0.4, -0.2) is 30.7 Å². The molecule has 1 unspecified atom stereocenters. The predicted molar refractivity (Wildman–Crippen MR) is 120 cm³/mol. The highest BCUT2D eigenvalue weighted by Crippen LogP contribution is 2.29. The van der Waals surface area contributed by atoms with E-state index in [1.54, 1.807) is 31.3 Å². The van der Waals surface area contributed by atoms with Gasteiger partial charge in [0.1, 0.15) is 5.82 Å². The number of carbonyl (C=O) groups is 1. The molecule has 0 bridgehead atoms. The minimum Gasteiger partial charge on any atom is -0.383 e. The molecule has 1 amide bonds. The highest BCUT2D eigenvalue weighted by Gasteiger charge is 2.31. The van der Waals surface area contributed by atoms with Crippen LogP contribution < -0.4 is 5.73 Å². The van der Waals surface area contributed by atoms with E-state index in [1.807, 2.05) is 13.0 Å². The number of benzene rings is 1. The Morgan fingerprint density at radius 2 is 1.88 bits per heavy atom. The first-order valence-corrected chi connectivity index (χ1v) is 10.4. The fraction of sp³-hybridized carbons (Fsp3) is 0.208. The van der Waals surface area contributed by atoms with Gasteiger partial charge in [0.15, 0.2) is 0 Å². The molecule has 10 heteroatoms. The Morgan fingerprint density at radius 3 is 2.53 bits per heavy atom. The minimum absolute atomic E-state index is 0.0221. The number of nitrogen functional groups attached to an aromatic ring is 1. The average Bonchev–Trinajstić information content (AvgIpc) is 2.82. The lowest BCUT2D eigenvalue weighted by Gasteiger charge is -2.29. The molecule has 0 saturated carbocycles. The first-order chi connectivity index (χ1) is 16.1. The molecule has 1 aromatic carbocycles. The number of aryl methyl sites for hydroxylation is 1. The predicted octanol–water partition coefficient (Wildman–Crippen LogP) is 4.73. The Kier molecular flexibility index (Phi) is 6.14. The van der Waals surface area contributed by atoms with Crippen LogP contribution in [0.1, 0.15) is 45.8 Å². The summed E-state index contributed by atoms with van der Waals surface area (Å²) >= 11 is 0. The van der Waals surface area contributed by atoms with Crippen LogP contribution in [0.3, 0.4) is 0 Å². The zero-order valence-electron chi connectivity index (χ0n) is 18.4. The quantitative estimate of drug-likeness (QED) is 0.457. The molecule has 0 fully saturated rings. The summed E-state index contributed by atoms with van der Waals surface area (Å²) in [7, 11) is 0. The van der Waals surface area contributed by atoms with E-state index < -0.39 is 17.8 Å². The highest BCUT2D eigenvalue weighted by atomic mass is 19.4. The fourth-order valence-corrected chi connectivity index (χ4v) is 3.53. The Hall–Kier alpha value is -4.08. The number of pyridine rings is 2. The Morgan fingerprint density at radius 1 is 1.09 bits per heavy atom. The van der Waals surface area contributed by atoms with Crippen molar-refractivity contribution in [1.82, 2.24) is 24.8 Å². The average molecular weight is 466 g/mol. The van der Waals surface area contributed by atoms with Crippen molar-refractivity contribution in [2.75, 3.05) is 5.73 Å². The second-order valence-corrected chi connectivity index (χ2v) is 7.87. The maximum absolute atomic E-state index is 13.6. The van der Waals surface area contributed by atoms with Crippen LogP contribution in [0, 0.1) is 6.92 Å². The molecule has 0 aliphatic rings. The molecular formula is C24H21F3N6O. The SMILES string of the molecule is Cc1cc2cc(C(=O)N(Cc3ccc(C(F)(F)F)cn3)C(C)c3cnccn3)ccc2nc1N. The van der Waals surface area contributed by atoms with E-state index in [0.29, 0.717) is 28.3 Å². The van der Waals surface area contributed by atoms with E-state index in [9.17, 15) is 18.0 Å². The lowest BCUT2D eigenvalue weighted by Crippen LogP contribution is -2.34. The summed E-state index contributed by atoms with van der Waals surface area (Å²) in [6.07, 6.45) is 0.847. The van der Waals surface area contributed by atoms with Crippen molar-refractivity contribution in [2.24, 2.45) is 0 Å². The van der Waals surface area contributed by atoms with Gasteiger partial charge in [0, 0.05) is 29.5 Å². The van der Waals surface area contributed by atoms with Crippen LogP contribution in [0.4, 0.5) is 19.0 Å². The molecule has 2 N–H and O–H groups in total. The highest BCUT2D eigenvalue weighted by molar-refractivity contribution is 5.98. The molecule has 3 aromatic heterocycles. The van der Waals surface area contributed by atoms with Crippen LogP contribution >= 0.6 is 0 Å². The molecule has 174 valence electrons. The van der Waals surface area contributed by atoms with E-state index in [1.165, 1.54) is 23.4 Å². The lowest BCUT2D eigenvalue weighted by molar-refractivity contribution is -0.137. The second-order valence-electron chi connectivity index (χ2n) is 7.87. The molecule has 4 aromatic rings. The van der Waals surface area contributed by atoms with Gasteiger partial charge < -0.3 is 10.6 Å². The van der Waals surface area contributed by atoms with Crippen molar-refractivity contribution in [3.8, 4) is 0 Å². The zero-order chi connectivity index (χ0) is 24.5. The molecule has 0 aliphatic carbocycles. The van der Waals surface area contributed by atoms with E-state index in [0.717, 1.165) is 23.2 Å². The second kappa shape index (κ2) is 9.05. The van der Waals surface area contributed by atoms with Crippen molar-refractivity contribution in [3.05, 3.63) is 89.3 Å². The van der Waals surface area contributed by atoms with Gasteiger partial charge in [0.2, 0.25) is 0 Å².